The summed E-state index contributed by atoms with van der Waals surface area (Å²) < 4.78 is 5.32. The molecule has 0 spiro atoms. The van der Waals surface area contributed by atoms with E-state index in [9.17, 15) is 14.4 Å². The summed E-state index contributed by atoms with van der Waals surface area (Å²) in [6, 6.07) is 8.08. The molecule has 1 aromatic heterocycles. The molecule has 7 heteroatoms. The Morgan fingerprint density at radius 2 is 1.80 bits per heavy atom. The number of amides is 2. The van der Waals surface area contributed by atoms with E-state index < -0.39 is 11.9 Å². The first-order valence-corrected chi connectivity index (χ1v) is 7.78. The van der Waals surface area contributed by atoms with E-state index in [1.807, 2.05) is 0 Å². The van der Waals surface area contributed by atoms with Gasteiger partial charge in [-0.05, 0) is 17.7 Å². The van der Waals surface area contributed by atoms with Gasteiger partial charge in [-0.1, -0.05) is 19.1 Å². The summed E-state index contributed by atoms with van der Waals surface area (Å²) in [7, 11) is 3.38. The van der Waals surface area contributed by atoms with Crippen LogP contribution >= 0.6 is 0 Å². The Morgan fingerprint density at radius 3 is 2.28 bits per heavy atom. The molecule has 25 heavy (non-hydrogen) atoms. The molecule has 132 valence electrons. The number of rotatable bonds is 6. The first kappa shape index (κ1) is 18.3. The van der Waals surface area contributed by atoms with Gasteiger partial charge in [0, 0.05) is 32.3 Å². The second-order valence-corrected chi connectivity index (χ2v) is 5.72. The zero-order valence-corrected chi connectivity index (χ0v) is 14.3. The number of carbonyl (C=O) groups is 3. The van der Waals surface area contributed by atoms with E-state index in [1.54, 1.807) is 45.3 Å². The quantitative estimate of drug-likeness (QED) is 0.838. The fraction of sp³-hybridized carbons (Fsp3) is 0.278. The number of furan rings is 1. The predicted octanol–water partition coefficient (Wildman–Crippen LogP) is 2.42. The van der Waals surface area contributed by atoms with Crippen LogP contribution in [0.25, 0.3) is 0 Å². The number of carbonyl (C=O) groups excluding carboxylic acids is 2. The number of nitrogens with one attached hydrogen (secondary N) is 1. The maximum absolute atomic E-state index is 12.2. The summed E-state index contributed by atoms with van der Waals surface area (Å²) in [5.41, 5.74) is 1.35. The molecule has 0 aliphatic carbocycles. The third kappa shape index (κ3) is 4.47. The van der Waals surface area contributed by atoms with Crippen LogP contribution in [-0.2, 0) is 17.6 Å². The fourth-order valence-corrected chi connectivity index (χ4v) is 2.22. The predicted molar refractivity (Wildman–Crippen MR) is 91.8 cm³/mol. The molecule has 0 bridgehead atoms. The number of nitrogens with zero attached hydrogens (tertiary/aromatic N) is 1. The molecule has 2 N–H and O–H groups in total. The third-order valence-electron chi connectivity index (χ3n) is 3.65. The van der Waals surface area contributed by atoms with Gasteiger partial charge in [0.1, 0.15) is 11.3 Å². The number of hydrogen-bond donors (Lipinski definition) is 2. The van der Waals surface area contributed by atoms with Crippen molar-refractivity contribution in [2.75, 3.05) is 19.4 Å². The van der Waals surface area contributed by atoms with E-state index in [-0.39, 0.29) is 29.4 Å². The van der Waals surface area contributed by atoms with E-state index in [2.05, 4.69) is 5.32 Å². The molecule has 2 rings (SSSR count). The Labute approximate surface area is 145 Å². The molecule has 0 aliphatic heterocycles. The fourth-order valence-electron chi connectivity index (χ4n) is 2.22. The highest BCUT2D eigenvalue weighted by Crippen LogP contribution is 2.18. The molecule has 1 aromatic carbocycles. The van der Waals surface area contributed by atoms with Crippen molar-refractivity contribution in [3.05, 3.63) is 53.0 Å². The monoisotopic (exact) mass is 344 g/mol. The van der Waals surface area contributed by atoms with Crippen LogP contribution in [0.15, 0.2) is 34.7 Å². The van der Waals surface area contributed by atoms with Gasteiger partial charge in [0.05, 0.1) is 6.42 Å². The van der Waals surface area contributed by atoms with Crippen LogP contribution in [0, 0.1) is 0 Å². The Morgan fingerprint density at radius 1 is 1.16 bits per heavy atom. The molecule has 0 atom stereocenters. The summed E-state index contributed by atoms with van der Waals surface area (Å²) in [5.74, 6) is -1.47. The Hall–Kier alpha value is -3.09. The van der Waals surface area contributed by atoms with Gasteiger partial charge in [-0.2, -0.15) is 0 Å². The molecular weight excluding hydrogens is 324 g/mol. The van der Waals surface area contributed by atoms with E-state index >= 15 is 0 Å². The number of likely N-dealkylation sites (N-methyl/N-ethyl adjacent to an activating group) is 1. The number of hydrogen-bond acceptors (Lipinski definition) is 4. The highest BCUT2D eigenvalue weighted by Gasteiger charge is 2.20. The Balaban J connectivity index is 2.08. The normalized spacial score (nSPS) is 10.4. The molecule has 0 aliphatic rings. The van der Waals surface area contributed by atoms with Crippen molar-refractivity contribution in [1.29, 1.82) is 0 Å². The van der Waals surface area contributed by atoms with E-state index in [0.29, 0.717) is 12.1 Å². The van der Waals surface area contributed by atoms with Gasteiger partial charge in [0.2, 0.25) is 5.91 Å². The van der Waals surface area contributed by atoms with E-state index in [1.165, 1.54) is 11.0 Å². The topological polar surface area (TPSA) is 99.9 Å². The summed E-state index contributed by atoms with van der Waals surface area (Å²) in [5, 5.41) is 11.7. The van der Waals surface area contributed by atoms with Gasteiger partial charge in [-0.3, -0.25) is 9.59 Å². The van der Waals surface area contributed by atoms with Crippen LogP contribution in [0.1, 0.15) is 39.2 Å². The van der Waals surface area contributed by atoms with Gasteiger partial charge < -0.3 is 19.7 Å². The number of anilines is 1. The summed E-state index contributed by atoms with van der Waals surface area (Å²) >= 11 is 0. The molecule has 1 heterocycles. The minimum atomic E-state index is -1.13. The van der Waals surface area contributed by atoms with Crippen LogP contribution in [-0.4, -0.2) is 41.9 Å². The largest absolute Gasteiger partial charge is 0.478 e. The van der Waals surface area contributed by atoms with Crippen molar-refractivity contribution in [2.24, 2.45) is 0 Å². The molecule has 0 saturated heterocycles. The second-order valence-electron chi connectivity index (χ2n) is 5.72. The van der Waals surface area contributed by atoms with Crippen LogP contribution in [0.5, 0.6) is 0 Å². The van der Waals surface area contributed by atoms with E-state index in [0.717, 1.165) is 5.56 Å². The standard InChI is InChI=1S/C18H20N2O5/c1-4-14-13(18(23)24)10-15(25-14)17(22)19-12-7-5-11(6-8-12)9-16(21)20(2)3/h5-8,10H,4,9H2,1-3H3,(H,19,22)(H,23,24). The van der Waals surface area contributed by atoms with Crippen LogP contribution < -0.4 is 5.32 Å². The maximum atomic E-state index is 12.2. The van der Waals surface area contributed by atoms with Crippen molar-refractivity contribution in [2.45, 2.75) is 19.8 Å². The number of aromatic carboxylic acids is 1. The van der Waals surface area contributed by atoms with Gasteiger partial charge in [-0.15, -0.1) is 0 Å². The van der Waals surface area contributed by atoms with Gasteiger partial charge in [-0.25, -0.2) is 4.79 Å². The van der Waals surface area contributed by atoms with Gasteiger partial charge in [0.25, 0.3) is 5.91 Å². The molecule has 0 saturated carbocycles. The van der Waals surface area contributed by atoms with Crippen molar-refractivity contribution < 1.29 is 23.9 Å². The number of benzene rings is 1. The lowest BCUT2D eigenvalue weighted by Crippen LogP contribution is -2.23. The highest BCUT2D eigenvalue weighted by atomic mass is 16.4. The van der Waals surface area contributed by atoms with Gasteiger partial charge in [0.15, 0.2) is 5.76 Å². The smallest absolute Gasteiger partial charge is 0.339 e. The van der Waals surface area contributed by atoms with Crippen molar-refractivity contribution in [1.82, 2.24) is 4.90 Å². The molecule has 2 amide bonds. The summed E-state index contributed by atoms with van der Waals surface area (Å²) in [6.45, 7) is 1.75. The van der Waals surface area contributed by atoms with Crippen molar-refractivity contribution in [3.8, 4) is 0 Å². The molecule has 0 radical (unpaired) electrons. The Bertz CT molecular complexity index is 790. The zero-order valence-electron chi connectivity index (χ0n) is 14.3. The van der Waals surface area contributed by atoms with Crippen LogP contribution in [0.3, 0.4) is 0 Å². The number of aryl methyl sites for hydroxylation is 1. The second kappa shape index (κ2) is 7.65. The van der Waals surface area contributed by atoms with Crippen molar-refractivity contribution >= 4 is 23.5 Å². The molecule has 7 nitrogen and oxygen atoms in total. The molecule has 0 unspecified atom stereocenters. The van der Waals surface area contributed by atoms with Crippen LogP contribution in [0.4, 0.5) is 5.69 Å². The molecule has 0 fully saturated rings. The lowest BCUT2D eigenvalue weighted by Gasteiger charge is -2.10. The van der Waals surface area contributed by atoms with E-state index in [4.69, 9.17) is 9.52 Å². The lowest BCUT2D eigenvalue weighted by atomic mass is 10.1. The number of carboxylic acid groups (broad SMARTS) is 1. The lowest BCUT2D eigenvalue weighted by molar-refractivity contribution is -0.127. The van der Waals surface area contributed by atoms with Gasteiger partial charge >= 0.3 is 5.97 Å². The number of carboxylic acids is 1. The minimum Gasteiger partial charge on any atom is -0.478 e. The average molecular weight is 344 g/mol. The minimum absolute atomic E-state index is 0.00908. The third-order valence-corrected chi connectivity index (χ3v) is 3.65. The zero-order chi connectivity index (χ0) is 18.6. The average Bonchev–Trinajstić information content (AvgIpc) is 3.01. The summed E-state index contributed by atoms with van der Waals surface area (Å²) in [6.07, 6.45) is 0.657. The van der Waals surface area contributed by atoms with Crippen molar-refractivity contribution in [3.63, 3.8) is 0 Å². The SMILES string of the molecule is CCc1oc(C(=O)Nc2ccc(CC(=O)N(C)C)cc2)cc1C(=O)O. The Kier molecular flexibility index (Phi) is 5.59. The maximum Gasteiger partial charge on any atom is 0.339 e. The first-order chi connectivity index (χ1) is 11.8. The highest BCUT2D eigenvalue weighted by molar-refractivity contribution is 6.04. The first-order valence-electron chi connectivity index (χ1n) is 7.78. The molecule has 2 aromatic rings. The molecular formula is C18H20N2O5. The summed E-state index contributed by atoms with van der Waals surface area (Å²) in [4.78, 5) is 36.5. The van der Waals surface area contributed by atoms with Crippen LogP contribution in [0.2, 0.25) is 0 Å².